The zero-order chi connectivity index (χ0) is 18.0. The van der Waals surface area contributed by atoms with Crippen LogP contribution in [0.4, 0.5) is 0 Å². The Bertz CT molecular complexity index is 677. The van der Waals surface area contributed by atoms with Crippen LogP contribution in [0.25, 0.3) is 0 Å². The SMILES string of the molecule is COC(=O)[C@@H]1CC[C@@H]2[C@@H]3CC[C@@H]4CC(=O)CC[C@]4(C)C3=CC(=O)[C@]21C. The van der Waals surface area contributed by atoms with Crippen molar-refractivity contribution < 1.29 is 19.1 Å². The third-order valence-electron chi connectivity index (χ3n) is 8.23. The van der Waals surface area contributed by atoms with Crippen molar-refractivity contribution >= 4 is 17.5 Å². The number of carbonyl (C=O) groups is 3. The van der Waals surface area contributed by atoms with Gasteiger partial charge >= 0.3 is 5.97 Å². The van der Waals surface area contributed by atoms with Crippen molar-refractivity contribution in [2.24, 2.45) is 34.5 Å². The number of hydrogen-bond acceptors (Lipinski definition) is 4. The normalized spacial score (nSPS) is 46.0. The molecule has 136 valence electrons. The summed E-state index contributed by atoms with van der Waals surface area (Å²) in [5.41, 5.74) is 0.654. The number of ether oxygens (including phenoxy) is 1. The zero-order valence-corrected chi connectivity index (χ0v) is 15.5. The minimum Gasteiger partial charge on any atom is -0.469 e. The van der Waals surface area contributed by atoms with Gasteiger partial charge in [0.05, 0.1) is 13.0 Å². The second kappa shape index (κ2) is 5.52. The molecule has 0 unspecified atom stereocenters. The van der Waals surface area contributed by atoms with E-state index in [0.717, 1.165) is 32.1 Å². The van der Waals surface area contributed by atoms with E-state index in [9.17, 15) is 14.4 Å². The smallest absolute Gasteiger partial charge is 0.309 e. The quantitative estimate of drug-likeness (QED) is 0.683. The lowest BCUT2D eigenvalue weighted by molar-refractivity contribution is -0.154. The number of methoxy groups -OCH3 is 1. The molecule has 0 N–H and O–H groups in total. The number of fused-ring (bicyclic) bond motifs is 5. The fourth-order valence-corrected chi connectivity index (χ4v) is 6.64. The van der Waals surface area contributed by atoms with Crippen LogP contribution in [0.5, 0.6) is 0 Å². The Kier molecular flexibility index (Phi) is 3.75. The van der Waals surface area contributed by atoms with Crippen LogP contribution in [-0.4, -0.2) is 24.6 Å². The highest BCUT2D eigenvalue weighted by molar-refractivity contribution is 6.00. The second-order valence-electron chi connectivity index (χ2n) is 9.05. The van der Waals surface area contributed by atoms with E-state index >= 15 is 0 Å². The molecular formula is C21H28O4. The van der Waals surface area contributed by atoms with Gasteiger partial charge in [-0.15, -0.1) is 0 Å². The van der Waals surface area contributed by atoms with Gasteiger partial charge < -0.3 is 4.74 Å². The largest absolute Gasteiger partial charge is 0.469 e. The first-order valence-corrected chi connectivity index (χ1v) is 9.68. The Morgan fingerprint density at radius 1 is 1.16 bits per heavy atom. The van der Waals surface area contributed by atoms with Crippen LogP contribution in [0.3, 0.4) is 0 Å². The van der Waals surface area contributed by atoms with Crippen molar-refractivity contribution in [3.05, 3.63) is 11.6 Å². The molecule has 0 amide bonds. The molecule has 4 aliphatic carbocycles. The van der Waals surface area contributed by atoms with Gasteiger partial charge in [0.15, 0.2) is 5.78 Å². The predicted molar refractivity (Wildman–Crippen MR) is 92.6 cm³/mol. The van der Waals surface area contributed by atoms with E-state index < -0.39 is 5.41 Å². The van der Waals surface area contributed by atoms with Crippen LogP contribution >= 0.6 is 0 Å². The number of rotatable bonds is 1. The highest BCUT2D eigenvalue weighted by Crippen LogP contribution is 2.64. The topological polar surface area (TPSA) is 60.4 Å². The summed E-state index contributed by atoms with van der Waals surface area (Å²) >= 11 is 0. The summed E-state index contributed by atoms with van der Waals surface area (Å²) in [5.74, 6) is 0.928. The van der Waals surface area contributed by atoms with Crippen molar-refractivity contribution in [2.75, 3.05) is 7.11 Å². The van der Waals surface area contributed by atoms with Crippen LogP contribution in [0.15, 0.2) is 11.6 Å². The molecule has 3 saturated carbocycles. The van der Waals surface area contributed by atoms with Gasteiger partial charge in [0, 0.05) is 18.3 Å². The maximum atomic E-state index is 13.2. The minimum atomic E-state index is -0.616. The number of carbonyl (C=O) groups excluding carboxylic acids is 3. The van der Waals surface area contributed by atoms with Crippen molar-refractivity contribution in [3.8, 4) is 0 Å². The summed E-state index contributed by atoms with van der Waals surface area (Å²) < 4.78 is 5.00. The molecule has 4 rings (SSSR count). The standard InChI is InChI=1S/C21H28O4/c1-20-9-8-13(22)10-12(20)4-5-14-15-6-7-16(19(24)25-3)21(15,2)18(23)11-17(14)20/h11-12,14-16H,4-10H2,1-3H3/t12-,14+,15-,16+,20+,21-/m1/s1. The molecular weight excluding hydrogens is 316 g/mol. The third kappa shape index (κ3) is 2.15. The molecule has 0 aromatic heterocycles. The average Bonchev–Trinajstić information content (AvgIpc) is 2.95. The van der Waals surface area contributed by atoms with Gasteiger partial charge in [-0.2, -0.15) is 0 Å². The van der Waals surface area contributed by atoms with Gasteiger partial charge in [0.2, 0.25) is 0 Å². The summed E-state index contributed by atoms with van der Waals surface area (Å²) in [6, 6.07) is 0. The third-order valence-corrected chi connectivity index (χ3v) is 8.23. The summed E-state index contributed by atoms with van der Waals surface area (Å²) in [7, 11) is 1.42. The summed E-state index contributed by atoms with van der Waals surface area (Å²) in [6.45, 7) is 4.26. The Morgan fingerprint density at radius 2 is 1.92 bits per heavy atom. The van der Waals surface area contributed by atoms with Gasteiger partial charge in [-0.05, 0) is 61.3 Å². The Morgan fingerprint density at radius 3 is 2.64 bits per heavy atom. The highest BCUT2D eigenvalue weighted by atomic mass is 16.5. The predicted octanol–water partition coefficient (Wildman–Crippen LogP) is 3.49. The zero-order valence-electron chi connectivity index (χ0n) is 15.5. The molecule has 0 bridgehead atoms. The Balaban J connectivity index is 1.75. The Hall–Kier alpha value is -1.45. The fraction of sp³-hybridized carbons (Fsp3) is 0.762. The van der Waals surface area contributed by atoms with Crippen LogP contribution < -0.4 is 0 Å². The van der Waals surface area contributed by atoms with Crippen LogP contribution in [0, 0.1) is 34.5 Å². The molecule has 4 aliphatic rings. The first-order chi connectivity index (χ1) is 11.8. The molecule has 0 aromatic carbocycles. The molecule has 0 spiro atoms. The van der Waals surface area contributed by atoms with Crippen LogP contribution in [0.2, 0.25) is 0 Å². The van der Waals surface area contributed by atoms with E-state index in [1.54, 1.807) is 0 Å². The van der Waals surface area contributed by atoms with E-state index in [2.05, 4.69) is 6.92 Å². The van der Waals surface area contributed by atoms with Crippen molar-refractivity contribution in [1.29, 1.82) is 0 Å². The van der Waals surface area contributed by atoms with Crippen molar-refractivity contribution in [3.63, 3.8) is 0 Å². The van der Waals surface area contributed by atoms with Gasteiger partial charge in [-0.3, -0.25) is 14.4 Å². The molecule has 4 heteroatoms. The Labute approximate surface area is 149 Å². The summed E-state index contributed by atoms with van der Waals surface area (Å²) in [6.07, 6.45) is 7.83. The second-order valence-corrected chi connectivity index (χ2v) is 9.05. The number of Topliss-reactive ketones (excluding diaryl/α,β-unsaturated/α-hetero) is 1. The van der Waals surface area contributed by atoms with Gasteiger partial charge in [-0.1, -0.05) is 19.4 Å². The lowest BCUT2D eigenvalue weighted by Gasteiger charge is -2.55. The molecule has 6 atom stereocenters. The van der Waals surface area contributed by atoms with Gasteiger partial charge in [0.1, 0.15) is 5.78 Å². The van der Waals surface area contributed by atoms with E-state index in [4.69, 9.17) is 4.74 Å². The molecule has 0 heterocycles. The number of ketones is 2. The molecule has 3 fully saturated rings. The first-order valence-electron chi connectivity index (χ1n) is 9.68. The molecule has 0 aromatic rings. The summed E-state index contributed by atoms with van der Waals surface area (Å²) in [5, 5.41) is 0. The maximum absolute atomic E-state index is 13.2. The maximum Gasteiger partial charge on any atom is 0.309 e. The van der Waals surface area contributed by atoms with Crippen LogP contribution in [0.1, 0.15) is 58.8 Å². The van der Waals surface area contributed by atoms with Crippen molar-refractivity contribution in [2.45, 2.75) is 58.8 Å². The fourth-order valence-electron chi connectivity index (χ4n) is 6.64. The monoisotopic (exact) mass is 344 g/mol. The average molecular weight is 344 g/mol. The first kappa shape index (κ1) is 17.0. The van der Waals surface area contributed by atoms with E-state index in [-0.39, 0.29) is 29.0 Å². The number of hydrogen-bond donors (Lipinski definition) is 0. The van der Waals surface area contributed by atoms with Gasteiger partial charge in [0.25, 0.3) is 0 Å². The molecule has 0 aliphatic heterocycles. The molecule has 0 radical (unpaired) electrons. The number of allylic oxidation sites excluding steroid dienone is 2. The molecule has 0 saturated heterocycles. The van der Waals surface area contributed by atoms with Crippen LogP contribution in [-0.2, 0) is 19.1 Å². The minimum absolute atomic E-state index is 0.0167. The summed E-state index contributed by atoms with van der Waals surface area (Å²) in [4.78, 5) is 37.4. The van der Waals surface area contributed by atoms with Gasteiger partial charge in [-0.25, -0.2) is 0 Å². The molecule has 25 heavy (non-hydrogen) atoms. The van der Waals surface area contributed by atoms with E-state index in [1.807, 2.05) is 13.0 Å². The lowest BCUT2D eigenvalue weighted by atomic mass is 9.48. The number of esters is 1. The van der Waals surface area contributed by atoms with E-state index in [1.165, 1.54) is 12.7 Å². The highest BCUT2D eigenvalue weighted by Gasteiger charge is 2.62. The lowest BCUT2D eigenvalue weighted by Crippen LogP contribution is -2.52. The van der Waals surface area contributed by atoms with E-state index in [0.29, 0.717) is 30.5 Å². The van der Waals surface area contributed by atoms with Crippen molar-refractivity contribution in [1.82, 2.24) is 0 Å². The molecule has 4 nitrogen and oxygen atoms in total.